The number of aryl methyl sites for hydroxylation is 3. The number of pyridine rings is 1. The number of anilines is 1. The molecule has 2 fully saturated rings. The molecular formula is C37H40F3N9O4. The molecule has 4 amide bonds. The highest BCUT2D eigenvalue weighted by Gasteiger charge is 2.67. The van der Waals surface area contributed by atoms with E-state index < -0.39 is 47.1 Å². The van der Waals surface area contributed by atoms with E-state index in [4.69, 9.17) is 5.73 Å². The van der Waals surface area contributed by atoms with Gasteiger partial charge < -0.3 is 20.9 Å². The molecule has 3 aromatic heterocycles. The average Bonchev–Trinajstić information content (AvgIpc) is 3.49. The molecule has 5 heterocycles. The Kier molecular flexibility index (Phi) is 9.18. The van der Waals surface area contributed by atoms with Crippen LogP contribution < -0.4 is 11.1 Å². The highest BCUT2D eigenvalue weighted by Crippen LogP contribution is 2.60. The predicted molar refractivity (Wildman–Crippen MR) is 187 cm³/mol. The zero-order valence-corrected chi connectivity index (χ0v) is 29.7. The zero-order valence-electron chi connectivity index (χ0n) is 29.7. The minimum atomic E-state index is -4.73. The van der Waals surface area contributed by atoms with Gasteiger partial charge in [-0.05, 0) is 80.8 Å². The number of nitrogens with one attached hydrogen (secondary N) is 1. The number of primary amides is 1. The molecule has 16 heteroatoms. The Balaban J connectivity index is 1.29. The Bertz CT molecular complexity index is 2130. The van der Waals surface area contributed by atoms with Gasteiger partial charge in [0.2, 0.25) is 17.7 Å². The number of halogens is 3. The molecule has 1 aliphatic carbocycles. The topological polar surface area (TPSA) is 169 Å². The number of carbonyl (C=O) groups excluding carboxylic acids is 4. The van der Waals surface area contributed by atoms with Gasteiger partial charge in [0.05, 0.1) is 5.52 Å². The van der Waals surface area contributed by atoms with Gasteiger partial charge in [0.1, 0.15) is 29.9 Å². The second-order valence-electron chi connectivity index (χ2n) is 14.5. The summed E-state index contributed by atoms with van der Waals surface area (Å²) in [5.74, 6) is -1.61. The first kappa shape index (κ1) is 36.0. The first-order valence-corrected chi connectivity index (χ1v) is 17.7. The van der Waals surface area contributed by atoms with E-state index in [-0.39, 0.29) is 30.4 Å². The van der Waals surface area contributed by atoms with Crippen LogP contribution in [0.15, 0.2) is 36.7 Å². The molecule has 1 aromatic carbocycles. The minimum Gasteiger partial charge on any atom is -0.364 e. The summed E-state index contributed by atoms with van der Waals surface area (Å²) < 4.78 is 42.0. The van der Waals surface area contributed by atoms with Gasteiger partial charge >= 0.3 is 6.18 Å². The van der Waals surface area contributed by atoms with Crippen LogP contribution in [0.2, 0.25) is 0 Å². The van der Waals surface area contributed by atoms with Crippen molar-refractivity contribution >= 4 is 40.3 Å². The number of rotatable bonds is 4. The van der Waals surface area contributed by atoms with E-state index in [2.05, 4.69) is 25.4 Å². The van der Waals surface area contributed by atoms with Gasteiger partial charge in [-0.3, -0.25) is 23.9 Å². The number of carbonyl (C=O) groups is 4. The molecule has 53 heavy (non-hydrogen) atoms. The van der Waals surface area contributed by atoms with Crippen LogP contribution in [-0.2, 0) is 33.5 Å². The van der Waals surface area contributed by atoms with Gasteiger partial charge in [0, 0.05) is 54.8 Å². The number of amides is 4. The van der Waals surface area contributed by atoms with E-state index in [0.717, 1.165) is 42.0 Å². The largest absolute Gasteiger partial charge is 0.433 e. The number of hydrogen-bond donors (Lipinski definition) is 2. The van der Waals surface area contributed by atoms with E-state index in [9.17, 15) is 32.3 Å². The molecule has 278 valence electrons. The van der Waals surface area contributed by atoms with Crippen molar-refractivity contribution in [1.29, 1.82) is 0 Å². The molecule has 7 rings (SSSR count). The predicted octanol–water partition coefficient (Wildman–Crippen LogP) is 4.59. The van der Waals surface area contributed by atoms with Crippen molar-refractivity contribution in [1.82, 2.24) is 34.5 Å². The summed E-state index contributed by atoms with van der Waals surface area (Å²) in [6, 6.07) is 4.35. The van der Waals surface area contributed by atoms with Crippen molar-refractivity contribution in [3.63, 3.8) is 0 Å². The van der Waals surface area contributed by atoms with Crippen molar-refractivity contribution in [3.8, 4) is 11.1 Å². The van der Waals surface area contributed by atoms with E-state index in [1.54, 1.807) is 37.3 Å². The number of nitrogens with zero attached hydrogens (tertiary/aromatic N) is 7. The van der Waals surface area contributed by atoms with Gasteiger partial charge in [0.25, 0.3) is 5.91 Å². The Hall–Kier alpha value is -5.41. The Morgan fingerprint density at radius 1 is 0.962 bits per heavy atom. The molecule has 3 aliphatic rings. The van der Waals surface area contributed by atoms with Gasteiger partial charge in [-0.2, -0.15) is 18.3 Å². The fourth-order valence-corrected chi connectivity index (χ4v) is 7.96. The lowest BCUT2D eigenvalue weighted by Gasteiger charge is -2.27. The lowest BCUT2D eigenvalue weighted by molar-refractivity contribution is -0.141. The molecule has 2 bridgehead atoms. The SMILES string of the molecule is Cc1ncc(-c2cc3c4c(c2)c(C(N)=O)nn4CC(=O)N2[C@H](C(=O)Nc4nc(C(F)(F)F)ccc4C)C[C@]4(C[C@@H]24)CN(C)C(=O)CCCCCC3)cn1. The third-order valence-electron chi connectivity index (χ3n) is 10.8. The summed E-state index contributed by atoms with van der Waals surface area (Å²) in [6.07, 6.45) is 3.46. The Morgan fingerprint density at radius 3 is 2.38 bits per heavy atom. The van der Waals surface area contributed by atoms with Crippen LogP contribution in [0.5, 0.6) is 0 Å². The van der Waals surface area contributed by atoms with Crippen LogP contribution in [0.3, 0.4) is 0 Å². The van der Waals surface area contributed by atoms with Crippen LogP contribution in [0.25, 0.3) is 22.0 Å². The smallest absolute Gasteiger partial charge is 0.364 e. The molecule has 1 saturated heterocycles. The third kappa shape index (κ3) is 6.93. The van der Waals surface area contributed by atoms with E-state index >= 15 is 0 Å². The maximum atomic E-state index is 14.5. The molecule has 4 aromatic rings. The Morgan fingerprint density at radius 2 is 1.68 bits per heavy atom. The molecule has 3 atom stereocenters. The number of piperidine rings is 1. The second-order valence-corrected chi connectivity index (χ2v) is 14.5. The van der Waals surface area contributed by atoms with Crippen LogP contribution >= 0.6 is 0 Å². The Labute approximate surface area is 303 Å². The minimum absolute atomic E-state index is 0.0129. The first-order chi connectivity index (χ1) is 25.1. The monoisotopic (exact) mass is 731 g/mol. The third-order valence-corrected chi connectivity index (χ3v) is 10.8. The van der Waals surface area contributed by atoms with E-state index in [1.807, 2.05) is 6.07 Å². The average molecular weight is 732 g/mol. The lowest BCUT2D eigenvalue weighted by atomic mass is 9.96. The molecule has 3 N–H and O–H groups in total. The summed E-state index contributed by atoms with van der Waals surface area (Å²) in [7, 11) is 1.72. The van der Waals surface area contributed by atoms with Crippen molar-refractivity contribution < 1.29 is 32.3 Å². The normalized spacial score (nSPS) is 22.5. The van der Waals surface area contributed by atoms with E-state index in [1.165, 1.54) is 22.6 Å². The molecule has 1 saturated carbocycles. The molecule has 0 unspecified atom stereocenters. The summed E-state index contributed by atoms with van der Waals surface area (Å²) in [6.45, 7) is 3.29. The highest BCUT2D eigenvalue weighted by atomic mass is 19.4. The highest BCUT2D eigenvalue weighted by molar-refractivity contribution is 6.06. The quantitative estimate of drug-likeness (QED) is 0.307. The van der Waals surface area contributed by atoms with Gasteiger partial charge in [-0.25, -0.2) is 15.0 Å². The molecule has 0 radical (unpaired) electrons. The molecule has 0 spiro atoms. The summed E-state index contributed by atoms with van der Waals surface area (Å²) >= 11 is 0. The fourth-order valence-electron chi connectivity index (χ4n) is 7.96. The standard InChI is InChI=1S/C37H40F3N9O4/c1-20-10-11-27(37(38,39)40)44-34(20)45-35(53)26-14-36-15-28(36)49(26)30(51)18-48-32-22(8-6-4-5-7-9-29(50)47(3)19-36)12-23(24-16-42-21(2)43-17-24)13-25(32)31(46-48)33(41)52/h10-13,16-17,26,28H,4-9,14-15,18-19H2,1-3H3,(H2,41,52)(H,44,45,53)/t26-,28+,36-/m0/s1. The van der Waals surface area contributed by atoms with Crippen LogP contribution in [0.4, 0.5) is 19.0 Å². The maximum Gasteiger partial charge on any atom is 0.433 e. The molecular weight excluding hydrogens is 691 g/mol. The molecule has 2 aliphatic heterocycles. The number of aromatic nitrogens is 5. The van der Waals surface area contributed by atoms with Gasteiger partial charge in [-0.1, -0.05) is 18.9 Å². The van der Waals surface area contributed by atoms with Crippen molar-refractivity contribution in [2.24, 2.45) is 11.1 Å². The van der Waals surface area contributed by atoms with Crippen LogP contribution in [0.1, 0.15) is 78.1 Å². The second kappa shape index (κ2) is 13.5. The van der Waals surface area contributed by atoms with Crippen molar-refractivity contribution in [2.75, 3.05) is 18.9 Å². The van der Waals surface area contributed by atoms with Crippen molar-refractivity contribution in [3.05, 3.63) is 65.0 Å². The maximum absolute atomic E-state index is 14.5. The summed E-state index contributed by atoms with van der Waals surface area (Å²) in [4.78, 5) is 69.9. The molecule has 13 nitrogen and oxygen atoms in total. The number of nitrogens with two attached hydrogens (primary N) is 1. The van der Waals surface area contributed by atoms with Crippen LogP contribution in [0, 0.1) is 19.3 Å². The van der Waals surface area contributed by atoms with Crippen molar-refractivity contribution in [2.45, 2.75) is 90.0 Å². The van der Waals surface area contributed by atoms with Gasteiger partial charge in [0.15, 0.2) is 5.69 Å². The zero-order chi connectivity index (χ0) is 37.8. The lowest BCUT2D eigenvalue weighted by Crippen LogP contribution is -2.47. The number of hydrogen-bond acceptors (Lipinski definition) is 8. The number of alkyl halides is 3. The van der Waals surface area contributed by atoms with E-state index in [0.29, 0.717) is 54.5 Å². The summed E-state index contributed by atoms with van der Waals surface area (Å²) in [5, 5.41) is 7.57. The first-order valence-electron chi connectivity index (χ1n) is 17.7. The van der Waals surface area contributed by atoms with Crippen LogP contribution in [-0.4, -0.2) is 83.8 Å². The summed E-state index contributed by atoms with van der Waals surface area (Å²) in [5.41, 5.74) is 7.28. The number of benzene rings is 1. The van der Waals surface area contributed by atoms with Gasteiger partial charge in [-0.15, -0.1) is 0 Å². The fraction of sp³-hybridized carbons (Fsp3) is 0.459.